The number of carbonyl (C=O) groups excluding carboxylic acids is 1. The molecule has 0 saturated heterocycles. The fourth-order valence-electron chi connectivity index (χ4n) is 2.87. The molecule has 0 aliphatic carbocycles. The van der Waals surface area contributed by atoms with Gasteiger partial charge in [0, 0.05) is 24.0 Å². The van der Waals surface area contributed by atoms with Gasteiger partial charge in [0.2, 0.25) is 0 Å². The van der Waals surface area contributed by atoms with Crippen LogP contribution in [0.3, 0.4) is 0 Å². The second-order valence-electron chi connectivity index (χ2n) is 6.98. The highest BCUT2D eigenvalue weighted by Gasteiger charge is 2.19. The number of hydrogen-bond acceptors (Lipinski definition) is 4. The predicted octanol–water partition coefficient (Wildman–Crippen LogP) is 3.08. The molecule has 2 aromatic heterocycles. The Kier molecular flexibility index (Phi) is 4.88. The van der Waals surface area contributed by atoms with Gasteiger partial charge in [-0.15, -0.1) is 0 Å². The smallest absolute Gasteiger partial charge is 0.277 e. The van der Waals surface area contributed by atoms with Crippen molar-refractivity contribution >= 4 is 22.5 Å². The van der Waals surface area contributed by atoms with Crippen LogP contribution in [0.25, 0.3) is 10.8 Å². The van der Waals surface area contributed by atoms with E-state index in [1.165, 1.54) is 4.68 Å². The molecule has 136 valence electrons. The molecule has 1 N–H and O–H groups in total. The molecule has 0 unspecified atom stereocenters. The molecule has 0 aliphatic rings. The lowest BCUT2D eigenvalue weighted by atomic mass is 10.1. The summed E-state index contributed by atoms with van der Waals surface area (Å²) in [5, 5.41) is 12.5. The van der Waals surface area contributed by atoms with Crippen molar-refractivity contribution in [2.45, 2.75) is 40.3 Å². The first kappa shape index (κ1) is 17.8. The average molecular weight is 353 g/mol. The molecule has 0 bridgehead atoms. The summed E-state index contributed by atoms with van der Waals surface area (Å²) in [5.41, 5.74) is 0.0513. The Bertz CT molecular complexity index is 1000. The monoisotopic (exact) mass is 353 g/mol. The molecule has 1 amide bonds. The van der Waals surface area contributed by atoms with Gasteiger partial charge in [0.25, 0.3) is 11.5 Å². The summed E-state index contributed by atoms with van der Waals surface area (Å²) in [7, 11) is 0. The minimum Gasteiger partial charge on any atom is -0.305 e. The Morgan fingerprint density at radius 1 is 1.12 bits per heavy atom. The first-order valence-corrected chi connectivity index (χ1v) is 8.73. The van der Waals surface area contributed by atoms with Crippen molar-refractivity contribution in [3.05, 3.63) is 52.6 Å². The number of hydrogen-bond donors (Lipinski definition) is 1. The van der Waals surface area contributed by atoms with E-state index in [0.29, 0.717) is 23.1 Å². The zero-order valence-electron chi connectivity index (χ0n) is 15.4. The largest absolute Gasteiger partial charge is 0.305 e. The maximum absolute atomic E-state index is 12.9. The van der Waals surface area contributed by atoms with Gasteiger partial charge in [0.15, 0.2) is 5.69 Å². The Hall–Kier alpha value is -2.96. The lowest BCUT2D eigenvalue weighted by Crippen LogP contribution is -2.29. The molecule has 0 radical (unpaired) electrons. The number of amides is 1. The van der Waals surface area contributed by atoms with E-state index in [-0.39, 0.29) is 29.1 Å². The number of nitrogens with one attached hydrogen (secondary N) is 1. The zero-order chi connectivity index (χ0) is 18.8. The van der Waals surface area contributed by atoms with Gasteiger partial charge in [-0.1, -0.05) is 32.0 Å². The molecule has 7 heteroatoms. The minimum absolute atomic E-state index is 0.111. The number of benzene rings is 1. The van der Waals surface area contributed by atoms with Crippen LogP contribution in [0.15, 0.2) is 41.3 Å². The van der Waals surface area contributed by atoms with Crippen molar-refractivity contribution in [3.63, 3.8) is 0 Å². The van der Waals surface area contributed by atoms with Crippen LogP contribution < -0.4 is 10.9 Å². The summed E-state index contributed by atoms with van der Waals surface area (Å²) in [6, 6.07) is 8.91. The molecule has 0 saturated carbocycles. The molecule has 3 rings (SSSR count). The fraction of sp³-hybridized carbons (Fsp3) is 0.368. The van der Waals surface area contributed by atoms with Crippen molar-refractivity contribution in [3.8, 4) is 0 Å². The van der Waals surface area contributed by atoms with Gasteiger partial charge in [-0.25, -0.2) is 9.36 Å². The Labute approximate surface area is 151 Å². The third kappa shape index (κ3) is 3.37. The van der Waals surface area contributed by atoms with Crippen molar-refractivity contribution in [1.29, 1.82) is 0 Å². The number of aromatic nitrogens is 4. The molecule has 0 atom stereocenters. The molecule has 26 heavy (non-hydrogen) atoms. The van der Waals surface area contributed by atoms with Gasteiger partial charge < -0.3 is 5.32 Å². The maximum Gasteiger partial charge on any atom is 0.277 e. The molecule has 1 aromatic carbocycles. The van der Waals surface area contributed by atoms with Crippen molar-refractivity contribution in [2.24, 2.45) is 5.92 Å². The molecule has 3 aromatic rings. The number of anilines is 1. The quantitative estimate of drug-likeness (QED) is 0.764. The number of fused-ring (bicyclic) bond motifs is 1. The standard InChI is InChI=1S/C19H23N5O2/c1-12(2)11-23-19(26)15-8-6-5-7-14(15)17(22-23)18(25)21-16-9-10-20-24(16)13(3)4/h5-10,12-13H,11H2,1-4H3,(H,21,25). The third-order valence-electron chi connectivity index (χ3n) is 4.02. The maximum atomic E-state index is 12.9. The van der Waals surface area contributed by atoms with Crippen LogP contribution in [0.5, 0.6) is 0 Å². The predicted molar refractivity (Wildman–Crippen MR) is 101 cm³/mol. The highest BCUT2D eigenvalue weighted by molar-refractivity contribution is 6.10. The summed E-state index contributed by atoms with van der Waals surface area (Å²) in [4.78, 5) is 25.6. The number of carbonyl (C=O) groups is 1. The lowest BCUT2D eigenvalue weighted by Gasteiger charge is -2.14. The van der Waals surface area contributed by atoms with E-state index < -0.39 is 0 Å². The molecule has 7 nitrogen and oxygen atoms in total. The van der Waals surface area contributed by atoms with Crippen LogP contribution in [0, 0.1) is 5.92 Å². The van der Waals surface area contributed by atoms with Crippen LogP contribution in [-0.4, -0.2) is 25.5 Å². The minimum atomic E-state index is -0.360. The van der Waals surface area contributed by atoms with Gasteiger partial charge in [-0.05, 0) is 25.8 Å². The second-order valence-corrected chi connectivity index (χ2v) is 6.98. The summed E-state index contributed by atoms with van der Waals surface area (Å²) in [6.45, 7) is 8.43. The summed E-state index contributed by atoms with van der Waals surface area (Å²) >= 11 is 0. The molecule has 0 aliphatic heterocycles. The summed E-state index contributed by atoms with van der Waals surface area (Å²) in [6.07, 6.45) is 1.64. The van der Waals surface area contributed by atoms with E-state index in [9.17, 15) is 9.59 Å². The van der Waals surface area contributed by atoms with E-state index in [2.05, 4.69) is 15.5 Å². The fourth-order valence-corrected chi connectivity index (χ4v) is 2.87. The Morgan fingerprint density at radius 3 is 2.46 bits per heavy atom. The number of rotatable bonds is 5. The highest BCUT2D eigenvalue weighted by atomic mass is 16.2. The first-order chi connectivity index (χ1) is 12.4. The molecule has 0 spiro atoms. The van der Waals surface area contributed by atoms with Gasteiger partial charge in [0.1, 0.15) is 5.82 Å². The SMILES string of the molecule is CC(C)Cn1nc(C(=O)Nc2ccnn2C(C)C)c2ccccc2c1=O. The van der Waals surface area contributed by atoms with Gasteiger partial charge in [-0.3, -0.25) is 9.59 Å². The Balaban J connectivity index is 2.08. The number of nitrogens with zero attached hydrogens (tertiary/aromatic N) is 4. The van der Waals surface area contributed by atoms with Crippen molar-refractivity contribution in [2.75, 3.05) is 5.32 Å². The van der Waals surface area contributed by atoms with Crippen LogP contribution in [0.2, 0.25) is 0 Å². The molecule has 0 fully saturated rings. The lowest BCUT2D eigenvalue weighted by molar-refractivity contribution is 0.102. The first-order valence-electron chi connectivity index (χ1n) is 8.73. The van der Waals surface area contributed by atoms with E-state index in [1.807, 2.05) is 27.7 Å². The van der Waals surface area contributed by atoms with E-state index in [0.717, 1.165) is 0 Å². The van der Waals surface area contributed by atoms with Crippen LogP contribution in [0.1, 0.15) is 44.2 Å². The van der Waals surface area contributed by atoms with Crippen LogP contribution >= 0.6 is 0 Å². The van der Waals surface area contributed by atoms with Crippen LogP contribution in [-0.2, 0) is 6.54 Å². The highest BCUT2D eigenvalue weighted by Crippen LogP contribution is 2.17. The summed E-state index contributed by atoms with van der Waals surface area (Å²) < 4.78 is 3.10. The van der Waals surface area contributed by atoms with Crippen molar-refractivity contribution < 1.29 is 4.79 Å². The molecular weight excluding hydrogens is 330 g/mol. The third-order valence-corrected chi connectivity index (χ3v) is 4.02. The Morgan fingerprint density at radius 2 is 1.81 bits per heavy atom. The second kappa shape index (κ2) is 7.11. The van der Waals surface area contributed by atoms with E-state index in [4.69, 9.17) is 0 Å². The van der Waals surface area contributed by atoms with Gasteiger partial charge >= 0.3 is 0 Å². The average Bonchev–Trinajstić information content (AvgIpc) is 3.05. The van der Waals surface area contributed by atoms with Gasteiger partial charge in [0.05, 0.1) is 11.6 Å². The van der Waals surface area contributed by atoms with E-state index in [1.54, 1.807) is 41.2 Å². The topological polar surface area (TPSA) is 81.8 Å². The van der Waals surface area contributed by atoms with Gasteiger partial charge in [-0.2, -0.15) is 10.2 Å². The normalized spacial score (nSPS) is 11.5. The molecule has 2 heterocycles. The summed E-state index contributed by atoms with van der Waals surface area (Å²) in [5.74, 6) is 0.471. The molecular formula is C19H23N5O2. The zero-order valence-corrected chi connectivity index (χ0v) is 15.4. The van der Waals surface area contributed by atoms with Crippen LogP contribution in [0.4, 0.5) is 5.82 Å². The van der Waals surface area contributed by atoms with Crippen molar-refractivity contribution in [1.82, 2.24) is 19.6 Å². The van der Waals surface area contributed by atoms with E-state index >= 15 is 0 Å².